The second-order valence-corrected chi connectivity index (χ2v) is 8.41. The standard InChI is InChI=1S/C25H33F2NO5/c1-18(29)16-28-24(32)12-8-3-2-7-11-20-21(23(31)15-22(20)30)13-14-25(26,27)17-33-19-9-5-4-6-10-19/h2,4-7,9-10,13-14,20-23,30-31H,3,8,11-12,15-17H2,1H3,(H,28,32)/b7-2-,14-13+/t20-,21-,22+,23-/m1/s1. The van der Waals surface area contributed by atoms with Gasteiger partial charge in [-0.05, 0) is 50.3 Å². The summed E-state index contributed by atoms with van der Waals surface area (Å²) in [5.74, 6) is -4.13. The number of aliphatic hydroxyl groups excluding tert-OH is 2. The molecule has 0 spiro atoms. The van der Waals surface area contributed by atoms with Crippen molar-refractivity contribution < 1.29 is 33.3 Å². The number of carbonyl (C=O) groups is 2. The minimum Gasteiger partial charge on any atom is -0.487 e. The summed E-state index contributed by atoms with van der Waals surface area (Å²) in [5, 5.41) is 23.0. The van der Waals surface area contributed by atoms with Crippen molar-refractivity contribution in [1.82, 2.24) is 5.32 Å². The number of aliphatic hydroxyl groups is 2. The zero-order valence-corrected chi connectivity index (χ0v) is 18.8. The Kier molecular flexibility index (Phi) is 10.7. The van der Waals surface area contributed by atoms with Crippen LogP contribution in [0.25, 0.3) is 0 Å². The number of nitrogens with one attached hydrogen (secondary N) is 1. The van der Waals surface area contributed by atoms with Crippen molar-refractivity contribution in [3.8, 4) is 5.75 Å². The Morgan fingerprint density at radius 1 is 1.18 bits per heavy atom. The van der Waals surface area contributed by atoms with Crippen LogP contribution in [-0.4, -0.2) is 53.2 Å². The average molecular weight is 466 g/mol. The molecule has 8 heteroatoms. The molecule has 0 unspecified atom stereocenters. The van der Waals surface area contributed by atoms with Crippen LogP contribution in [0.5, 0.6) is 5.75 Å². The van der Waals surface area contributed by atoms with Crippen molar-refractivity contribution in [1.29, 1.82) is 0 Å². The molecule has 0 saturated heterocycles. The highest BCUT2D eigenvalue weighted by atomic mass is 19.3. The van der Waals surface area contributed by atoms with Crippen molar-refractivity contribution in [3.05, 3.63) is 54.6 Å². The van der Waals surface area contributed by atoms with Crippen molar-refractivity contribution in [2.45, 2.75) is 57.2 Å². The number of rotatable bonds is 13. The summed E-state index contributed by atoms with van der Waals surface area (Å²) < 4.78 is 33.6. The Labute approximate surface area is 193 Å². The highest BCUT2D eigenvalue weighted by molar-refractivity contribution is 5.84. The molecule has 0 aliphatic heterocycles. The normalized spacial score (nSPS) is 23.3. The molecule has 6 nitrogen and oxygen atoms in total. The van der Waals surface area contributed by atoms with Gasteiger partial charge >= 0.3 is 0 Å². The second-order valence-electron chi connectivity index (χ2n) is 8.41. The molecule has 0 radical (unpaired) electrons. The lowest BCUT2D eigenvalue weighted by Gasteiger charge is -2.20. The molecule has 2 rings (SSSR count). The number of alkyl halides is 2. The van der Waals surface area contributed by atoms with Crippen LogP contribution in [0.15, 0.2) is 54.6 Å². The van der Waals surface area contributed by atoms with Gasteiger partial charge in [0.15, 0.2) is 6.61 Å². The van der Waals surface area contributed by atoms with Crippen LogP contribution in [0.4, 0.5) is 8.78 Å². The maximum Gasteiger partial charge on any atom is 0.299 e. The largest absolute Gasteiger partial charge is 0.487 e. The van der Waals surface area contributed by atoms with E-state index in [1.165, 1.54) is 13.0 Å². The first-order chi connectivity index (χ1) is 15.7. The van der Waals surface area contributed by atoms with E-state index in [9.17, 15) is 28.6 Å². The van der Waals surface area contributed by atoms with E-state index < -0.39 is 30.7 Å². The maximum absolute atomic E-state index is 14.2. The Morgan fingerprint density at radius 3 is 2.61 bits per heavy atom. The van der Waals surface area contributed by atoms with Crippen LogP contribution in [0, 0.1) is 11.8 Å². The van der Waals surface area contributed by atoms with E-state index in [2.05, 4.69) is 5.32 Å². The summed E-state index contributed by atoms with van der Waals surface area (Å²) in [4.78, 5) is 22.4. The highest BCUT2D eigenvalue weighted by Gasteiger charge is 2.40. The fourth-order valence-corrected chi connectivity index (χ4v) is 3.77. The van der Waals surface area contributed by atoms with E-state index in [1.807, 2.05) is 12.2 Å². The van der Waals surface area contributed by atoms with Gasteiger partial charge in [0.25, 0.3) is 5.92 Å². The van der Waals surface area contributed by atoms with Crippen LogP contribution >= 0.6 is 0 Å². The van der Waals surface area contributed by atoms with Gasteiger partial charge in [0.1, 0.15) is 11.5 Å². The lowest BCUT2D eigenvalue weighted by molar-refractivity contribution is -0.124. The number of carbonyl (C=O) groups excluding carboxylic acids is 2. The number of para-hydroxylation sites is 1. The van der Waals surface area contributed by atoms with Gasteiger partial charge in [0.05, 0.1) is 18.8 Å². The number of ketones is 1. The molecule has 33 heavy (non-hydrogen) atoms. The third-order valence-electron chi connectivity index (χ3n) is 5.54. The molecule has 1 amide bonds. The molecule has 0 bridgehead atoms. The number of Topliss-reactive ketones (excluding diaryl/α,β-unsaturated/α-hetero) is 1. The average Bonchev–Trinajstić information content (AvgIpc) is 3.04. The van der Waals surface area contributed by atoms with E-state index in [0.717, 1.165) is 6.08 Å². The van der Waals surface area contributed by atoms with Gasteiger partial charge in [0.2, 0.25) is 5.91 Å². The summed E-state index contributed by atoms with van der Waals surface area (Å²) in [6, 6.07) is 8.34. The summed E-state index contributed by atoms with van der Waals surface area (Å²) in [5.41, 5.74) is 0. The third kappa shape index (κ3) is 9.84. The lowest BCUT2D eigenvalue weighted by Crippen LogP contribution is -2.27. The monoisotopic (exact) mass is 465 g/mol. The van der Waals surface area contributed by atoms with Crippen molar-refractivity contribution >= 4 is 11.7 Å². The minimum atomic E-state index is -3.22. The number of halogens is 2. The Morgan fingerprint density at radius 2 is 1.91 bits per heavy atom. The molecule has 182 valence electrons. The van der Waals surface area contributed by atoms with Crippen LogP contribution in [0.1, 0.15) is 39.0 Å². The lowest BCUT2D eigenvalue weighted by atomic mass is 9.89. The predicted octanol–water partition coefficient (Wildman–Crippen LogP) is 3.44. The van der Waals surface area contributed by atoms with Crippen LogP contribution in [0.2, 0.25) is 0 Å². The number of amides is 1. The molecule has 0 aromatic heterocycles. The first kappa shape index (κ1) is 26.7. The fraction of sp³-hybridized carbons (Fsp3) is 0.520. The smallest absolute Gasteiger partial charge is 0.299 e. The van der Waals surface area contributed by atoms with Crippen LogP contribution in [-0.2, 0) is 9.59 Å². The van der Waals surface area contributed by atoms with E-state index in [-0.39, 0.29) is 30.6 Å². The molecule has 1 aliphatic carbocycles. The summed E-state index contributed by atoms with van der Waals surface area (Å²) >= 11 is 0. The second kappa shape index (κ2) is 13.2. The van der Waals surface area contributed by atoms with Gasteiger partial charge in [-0.2, -0.15) is 8.78 Å². The van der Waals surface area contributed by atoms with E-state index in [4.69, 9.17) is 4.74 Å². The SMILES string of the molecule is CC(=O)CNC(=O)CCC/C=C\C[C@@H]1[C@@H](/C=C/C(F)(F)COc2ccccc2)[C@H](O)C[C@@H]1O. The van der Waals surface area contributed by atoms with E-state index >= 15 is 0 Å². The fourth-order valence-electron chi connectivity index (χ4n) is 3.77. The topological polar surface area (TPSA) is 95.9 Å². The molecule has 3 N–H and O–H groups in total. The van der Waals surface area contributed by atoms with Crippen molar-refractivity contribution in [3.63, 3.8) is 0 Å². The molecule has 1 aromatic carbocycles. The number of ether oxygens (including phenoxy) is 1. The third-order valence-corrected chi connectivity index (χ3v) is 5.54. The molecule has 4 atom stereocenters. The summed E-state index contributed by atoms with van der Waals surface area (Å²) in [6.07, 6.45) is 6.17. The van der Waals surface area contributed by atoms with Gasteiger partial charge in [-0.1, -0.05) is 36.4 Å². The zero-order valence-electron chi connectivity index (χ0n) is 18.8. The number of unbranched alkanes of at least 4 members (excludes halogenated alkanes) is 1. The Bertz CT molecular complexity index is 812. The van der Waals surface area contributed by atoms with Crippen LogP contribution < -0.4 is 10.1 Å². The number of hydrogen-bond acceptors (Lipinski definition) is 5. The highest BCUT2D eigenvalue weighted by Crippen LogP contribution is 2.37. The van der Waals surface area contributed by atoms with Gasteiger partial charge in [-0.25, -0.2) is 0 Å². The summed E-state index contributed by atoms with van der Waals surface area (Å²) in [6.45, 7) is 0.617. The Hall–Kier alpha value is -2.58. The number of benzene rings is 1. The molecule has 0 heterocycles. The van der Waals surface area contributed by atoms with Crippen molar-refractivity contribution in [2.24, 2.45) is 11.8 Å². The minimum absolute atomic E-state index is 0.0307. The Balaban J connectivity index is 1.81. The maximum atomic E-state index is 14.2. The molecule has 1 aliphatic rings. The van der Waals surface area contributed by atoms with Gasteiger partial charge in [0, 0.05) is 18.8 Å². The first-order valence-electron chi connectivity index (χ1n) is 11.2. The molecular formula is C25H33F2NO5. The zero-order chi connectivity index (χ0) is 24.3. The van der Waals surface area contributed by atoms with Crippen molar-refractivity contribution in [2.75, 3.05) is 13.2 Å². The molecule has 1 aromatic rings. The summed E-state index contributed by atoms with van der Waals surface area (Å²) in [7, 11) is 0. The number of allylic oxidation sites excluding steroid dienone is 2. The van der Waals surface area contributed by atoms with Gasteiger partial charge in [-0.15, -0.1) is 0 Å². The quantitative estimate of drug-likeness (QED) is 0.306. The molecular weight excluding hydrogens is 432 g/mol. The predicted molar refractivity (Wildman–Crippen MR) is 121 cm³/mol. The van der Waals surface area contributed by atoms with Gasteiger partial charge < -0.3 is 20.3 Å². The molecule has 1 saturated carbocycles. The first-order valence-corrected chi connectivity index (χ1v) is 11.2. The number of hydrogen-bond donors (Lipinski definition) is 3. The van der Waals surface area contributed by atoms with E-state index in [1.54, 1.807) is 30.3 Å². The van der Waals surface area contributed by atoms with Gasteiger partial charge in [-0.3, -0.25) is 9.59 Å². The molecule has 1 fully saturated rings. The van der Waals surface area contributed by atoms with Crippen LogP contribution in [0.3, 0.4) is 0 Å². The van der Waals surface area contributed by atoms with E-state index in [0.29, 0.717) is 31.4 Å².